The zero-order valence-corrected chi connectivity index (χ0v) is 7.81. The van der Waals surface area contributed by atoms with Gasteiger partial charge in [0.25, 0.3) is 6.43 Å². The van der Waals surface area contributed by atoms with Crippen LogP contribution >= 0.6 is 11.3 Å². The maximum Gasteiger partial charge on any atom is 0.289 e. The monoisotopic (exact) mass is 209 g/mol. The van der Waals surface area contributed by atoms with Gasteiger partial charge < -0.3 is 0 Å². The smallest absolute Gasteiger partial charge is 0.235 e. The van der Waals surface area contributed by atoms with Crippen LogP contribution < -0.4 is 0 Å². The predicted octanol–water partition coefficient (Wildman–Crippen LogP) is 3.22. The first-order valence-electron chi connectivity index (χ1n) is 3.86. The molecule has 0 saturated heterocycles. The molecule has 1 aromatic carbocycles. The standard InChI is InChI=1S/C10H5F2NS/c1-2-6-3-4-8-7(5-6)13-10(14-8)9(11)12/h1,3-5,9H. The topological polar surface area (TPSA) is 12.9 Å². The van der Waals surface area contributed by atoms with Crippen LogP contribution in [0.5, 0.6) is 0 Å². The second-order valence-corrected chi connectivity index (χ2v) is 3.74. The number of halogens is 2. The Hall–Kier alpha value is -1.47. The number of fused-ring (bicyclic) bond motifs is 1. The summed E-state index contributed by atoms with van der Waals surface area (Å²) < 4.78 is 25.3. The quantitative estimate of drug-likeness (QED) is 0.657. The van der Waals surface area contributed by atoms with Crippen LogP contribution in [0.3, 0.4) is 0 Å². The van der Waals surface area contributed by atoms with E-state index >= 15 is 0 Å². The Bertz CT molecular complexity index is 510. The van der Waals surface area contributed by atoms with Crippen LogP contribution in [0.1, 0.15) is 17.0 Å². The summed E-state index contributed by atoms with van der Waals surface area (Å²) >= 11 is 0.995. The number of alkyl halides is 2. The molecule has 14 heavy (non-hydrogen) atoms. The number of benzene rings is 1. The molecular formula is C10H5F2NS. The van der Waals surface area contributed by atoms with Crippen molar-refractivity contribution < 1.29 is 8.78 Å². The molecule has 0 atom stereocenters. The Morgan fingerprint density at radius 3 is 2.86 bits per heavy atom. The number of thiazole rings is 1. The van der Waals surface area contributed by atoms with E-state index in [0.717, 1.165) is 16.0 Å². The molecule has 0 fully saturated rings. The van der Waals surface area contributed by atoms with Crippen molar-refractivity contribution in [2.24, 2.45) is 0 Å². The minimum atomic E-state index is -2.51. The van der Waals surface area contributed by atoms with Gasteiger partial charge in [-0.1, -0.05) is 5.92 Å². The van der Waals surface area contributed by atoms with Gasteiger partial charge in [0, 0.05) is 5.56 Å². The van der Waals surface area contributed by atoms with Crippen molar-refractivity contribution in [2.75, 3.05) is 0 Å². The highest BCUT2D eigenvalue weighted by Crippen LogP contribution is 2.29. The van der Waals surface area contributed by atoms with Gasteiger partial charge in [0.15, 0.2) is 5.01 Å². The molecule has 2 aromatic rings. The first kappa shape index (κ1) is 9.10. The summed E-state index contributed by atoms with van der Waals surface area (Å²) in [5.74, 6) is 2.43. The molecule has 0 aliphatic heterocycles. The molecular weight excluding hydrogens is 204 g/mol. The Balaban J connectivity index is 2.61. The molecule has 2 rings (SSSR count). The molecule has 0 unspecified atom stereocenters. The van der Waals surface area contributed by atoms with Crippen molar-refractivity contribution in [3.63, 3.8) is 0 Å². The largest absolute Gasteiger partial charge is 0.289 e. The van der Waals surface area contributed by atoms with E-state index in [2.05, 4.69) is 10.9 Å². The normalized spacial score (nSPS) is 10.7. The fourth-order valence-electron chi connectivity index (χ4n) is 1.13. The number of aromatic nitrogens is 1. The highest BCUT2D eigenvalue weighted by Gasteiger charge is 2.12. The van der Waals surface area contributed by atoms with Crippen molar-refractivity contribution in [3.8, 4) is 12.3 Å². The van der Waals surface area contributed by atoms with Crippen molar-refractivity contribution in [3.05, 3.63) is 28.8 Å². The molecule has 4 heteroatoms. The van der Waals surface area contributed by atoms with Gasteiger partial charge in [-0.05, 0) is 18.2 Å². The fraction of sp³-hybridized carbons (Fsp3) is 0.100. The Morgan fingerprint density at radius 1 is 1.43 bits per heavy atom. The van der Waals surface area contributed by atoms with Gasteiger partial charge in [-0.25, -0.2) is 13.8 Å². The van der Waals surface area contributed by atoms with Gasteiger partial charge in [-0.2, -0.15) is 0 Å². The molecule has 0 radical (unpaired) electrons. The fourth-order valence-corrected chi connectivity index (χ4v) is 1.93. The van der Waals surface area contributed by atoms with Gasteiger partial charge in [0.05, 0.1) is 10.2 Å². The van der Waals surface area contributed by atoms with Gasteiger partial charge in [0.2, 0.25) is 0 Å². The SMILES string of the molecule is C#Cc1ccc2sc(C(F)F)nc2c1. The van der Waals surface area contributed by atoms with Crippen LogP contribution in [0.15, 0.2) is 18.2 Å². The van der Waals surface area contributed by atoms with E-state index in [4.69, 9.17) is 6.42 Å². The van der Waals surface area contributed by atoms with Crippen molar-refractivity contribution in [1.29, 1.82) is 0 Å². The van der Waals surface area contributed by atoms with Crippen LogP contribution in [0.4, 0.5) is 8.78 Å². The van der Waals surface area contributed by atoms with E-state index < -0.39 is 6.43 Å². The van der Waals surface area contributed by atoms with Crippen molar-refractivity contribution in [2.45, 2.75) is 6.43 Å². The molecule has 0 amide bonds. The van der Waals surface area contributed by atoms with E-state index in [1.807, 2.05) is 0 Å². The summed E-state index contributed by atoms with van der Waals surface area (Å²) in [7, 11) is 0. The van der Waals surface area contributed by atoms with Crippen LogP contribution in [-0.4, -0.2) is 4.98 Å². The lowest BCUT2D eigenvalue weighted by atomic mass is 10.2. The summed E-state index contributed by atoms with van der Waals surface area (Å²) in [6, 6.07) is 5.07. The molecule has 0 aliphatic rings. The van der Waals surface area contributed by atoms with E-state index in [9.17, 15) is 8.78 Å². The Kier molecular flexibility index (Phi) is 2.18. The molecule has 0 bridgehead atoms. The van der Waals surface area contributed by atoms with Gasteiger partial charge >= 0.3 is 0 Å². The third-order valence-electron chi connectivity index (χ3n) is 1.76. The molecule has 0 aliphatic carbocycles. The summed E-state index contributed by atoms with van der Waals surface area (Å²) in [6.45, 7) is 0. The molecule has 70 valence electrons. The van der Waals surface area contributed by atoms with Crippen LogP contribution in [0.25, 0.3) is 10.2 Å². The van der Waals surface area contributed by atoms with E-state index in [-0.39, 0.29) is 5.01 Å². The minimum absolute atomic E-state index is 0.158. The minimum Gasteiger partial charge on any atom is -0.235 e. The lowest BCUT2D eigenvalue weighted by Gasteiger charge is -1.88. The zero-order chi connectivity index (χ0) is 10.1. The second-order valence-electron chi connectivity index (χ2n) is 2.68. The summed E-state index contributed by atoms with van der Waals surface area (Å²) in [5.41, 5.74) is 1.20. The van der Waals surface area contributed by atoms with Gasteiger partial charge in [0.1, 0.15) is 0 Å². The number of nitrogens with zero attached hydrogens (tertiary/aromatic N) is 1. The highest BCUT2D eigenvalue weighted by molar-refractivity contribution is 7.18. The molecule has 0 saturated carbocycles. The predicted molar refractivity (Wildman–Crippen MR) is 52.5 cm³/mol. The summed E-state index contributed by atoms with van der Waals surface area (Å²) in [4.78, 5) is 3.79. The van der Waals surface area contributed by atoms with Crippen LogP contribution in [-0.2, 0) is 0 Å². The average molecular weight is 209 g/mol. The molecule has 0 N–H and O–H groups in total. The van der Waals surface area contributed by atoms with Gasteiger partial charge in [-0.15, -0.1) is 17.8 Å². The number of hydrogen-bond donors (Lipinski definition) is 0. The lowest BCUT2D eigenvalue weighted by molar-refractivity contribution is 0.151. The van der Waals surface area contributed by atoms with Crippen molar-refractivity contribution in [1.82, 2.24) is 4.98 Å². The third kappa shape index (κ3) is 1.47. The van der Waals surface area contributed by atoms with Crippen molar-refractivity contribution >= 4 is 21.6 Å². The van der Waals surface area contributed by atoms with E-state index in [1.165, 1.54) is 0 Å². The number of hydrogen-bond acceptors (Lipinski definition) is 2. The van der Waals surface area contributed by atoms with Crippen LogP contribution in [0.2, 0.25) is 0 Å². The number of rotatable bonds is 1. The summed E-state index contributed by atoms with van der Waals surface area (Å²) in [6.07, 6.45) is 2.67. The van der Waals surface area contributed by atoms with E-state index in [1.54, 1.807) is 18.2 Å². The molecule has 1 heterocycles. The maximum atomic E-state index is 12.3. The Morgan fingerprint density at radius 2 is 2.21 bits per heavy atom. The second kappa shape index (κ2) is 3.35. The Labute approximate surface area is 83.4 Å². The number of terminal acetylenes is 1. The first-order chi connectivity index (χ1) is 6.70. The van der Waals surface area contributed by atoms with E-state index in [0.29, 0.717) is 11.1 Å². The first-order valence-corrected chi connectivity index (χ1v) is 4.67. The van der Waals surface area contributed by atoms with Gasteiger partial charge in [-0.3, -0.25) is 0 Å². The molecule has 0 spiro atoms. The molecule has 1 nitrogen and oxygen atoms in total. The average Bonchev–Trinajstić information content (AvgIpc) is 2.59. The zero-order valence-electron chi connectivity index (χ0n) is 7.00. The third-order valence-corrected chi connectivity index (χ3v) is 2.80. The highest BCUT2D eigenvalue weighted by atomic mass is 32.1. The summed E-state index contributed by atoms with van der Waals surface area (Å²) in [5, 5.41) is -0.158. The lowest BCUT2D eigenvalue weighted by Crippen LogP contribution is -1.79. The maximum absolute atomic E-state index is 12.3. The molecule has 1 aromatic heterocycles. The van der Waals surface area contributed by atoms with Crippen LogP contribution in [0, 0.1) is 12.3 Å².